The number of alkyl halides is 6. The first-order chi connectivity index (χ1) is 20.4. The SMILES string of the molecule is N#CC1(NC(=O)C2CC(S(=O)(=O)c3ccc(OCC(F)(F)F)cc3Cl)CN2C(=O)C2(c3cccc(C(F)(F)F)c3)CC2)CC1. The van der Waals surface area contributed by atoms with Gasteiger partial charge in [-0.25, -0.2) is 8.42 Å². The number of likely N-dealkylation sites (tertiary alicyclic amines) is 1. The molecule has 236 valence electrons. The monoisotopic (exact) mass is 663 g/mol. The third-order valence-electron chi connectivity index (χ3n) is 8.11. The Labute approximate surface area is 252 Å². The molecule has 2 amide bonds. The Bertz CT molecular complexity index is 1650. The van der Waals surface area contributed by atoms with Crippen LogP contribution in [0.2, 0.25) is 5.02 Å². The van der Waals surface area contributed by atoms with Crippen molar-refractivity contribution in [2.75, 3.05) is 13.2 Å². The van der Waals surface area contributed by atoms with Crippen LogP contribution in [0.25, 0.3) is 0 Å². The number of hydrogen-bond acceptors (Lipinski definition) is 6. The van der Waals surface area contributed by atoms with Crippen molar-refractivity contribution in [3.8, 4) is 11.8 Å². The zero-order valence-corrected chi connectivity index (χ0v) is 24.2. The molecule has 2 aromatic carbocycles. The summed E-state index contributed by atoms with van der Waals surface area (Å²) in [6.45, 7) is -2.15. The van der Waals surface area contributed by atoms with Gasteiger partial charge in [-0.15, -0.1) is 0 Å². The van der Waals surface area contributed by atoms with Crippen molar-refractivity contribution in [3.05, 3.63) is 58.6 Å². The van der Waals surface area contributed by atoms with Crippen molar-refractivity contribution >= 4 is 33.3 Å². The largest absolute Gasteiger partial charge is 0.484 e. The lowest BCUT2D eigenvalue weighted by Crippen LogP contribution is -2.51. The van der Waals surface area contributed by atoms with Gasteiger partial charge < -0.3 is 15.0 Å². The number of ether oxygens (including phenoxy) is 1. The number of halogens is 7. The lowest BCUT2D eigenvalue weighted by molar-refractivity contribution is -0.153. The molecule has 0 spiro atoms. The Balaban J connectivity index is 1.45. The second-order valence-electron chi connectivity index (χ2n) is 11.2. The van der Waals surface area contributed by atoms with Crippen molar-refractivity contribution < 1.29 is 49.1 Å². The highest BCUT2D eigenvalue weighted by Crippen LogP contribution is 2.52. The average Bonchev–Trinajstić information content (AvgIpc) is 3.87. The van der Waals surface area contributed by atoms with Crippen molar-refractivity contribution in [2.45, 2.75) is 71.6 Å². The van der Waals surface area contributed by atoms with Crippen LogP contribution in [0.4, 0.5) is 26.3 Å². The summed E-state index contributed by atoms with van der Waals surface area (Å²) in [4.78, 5) is 28.0. The average molecular weight is 664 g/mol. The van der Waals surface area contributed by atoms with Crippen LogP contribution < -0.4 is 10.1 Å². The van der Waals surface area contributed by atoms with Crippen LogP contribution in [0.1, 0.15) is 43.2 Å². The van der Waals surface area contributed by atoms with Gasteiger partial charge in [0.25, 0.3) is 0 Å². The molecule has 0 aromatic heterocycles. The van der Waals surface area contributed by atoms with Crippen molar-refractivity contribution in [1.82, 2.24) is 10.2 Å². The molecule has 1 heterocycles. The lowest BCUT2D eigenvalue weighted by atomic mass is 9.92. The number of amides is 2. The summed E-state index contributed by atoms with van der Waals surface area (Å²) in [5, 5.41) is 10.2. The first kappa shape index (κ1) is 31.9. The molecular weight excluding hydrogens is 640 g/mol. The van der Waals surface area contributed by atoms with Crippen molar-refractivity contribution in [3.63, 3.8) is 0 Å². The molecule has 0 bridgehead atoms. The number of carbonyl (C=O) groups is 2. The number of nitriles is 1. The van der Waals surface area contributed by atoms with E-state index in [1.165, 1.54) is 12.1 Å². The molecule has 8 nitrogen and oxygen atoms in total. The van der Waals surface area contributed by atoms with Crippen LogP contribution in [-0.4, -0.2) is 61.3 Å². The molecule has 2 aliphatic carbocycles. The zero-order valence-electron chi connectivity index (χ0n) is 22.6. The molecule has 16 heteroatoms. The maximum Gasteiger partial charge on any atom is 0.422 e. The predicted octanol–water partition coefficient (Wildman–Crippen LogP) is 4.95. The van der Waals surface area contributed by atoms with Gasteiger partial charge in [0.05, 0.1) is 32.2 Å². The summed E-state index contributed by atoms with van der Waals surface area (Å²) < 4.78 is 110. The number of rotatable bonds is 8. The first-order valence-electron chi connectivity index (χ1n) is 13.4. The van der Waals surface area contributed by atoms with E-state index in [4.69, 9.17) is 11.6 Å². The Hall–Kier alpha value is -3.51. The van der Waals surface area contributed by atoms with Crippen LogP contribution >= 0.6 is 11.6 Å². The molecule has 0 radical (unpaired) electrons. The van der Waals surface area contributed by atoms with E-state index in [1.54, 1.807) is 0 Å². The van der Waals surface area contributed by atoms with E-state index < -0.39 is 91.3 Å². The maximum atomic E-state index is 14.0. The summed E-state index contributed by atoms with van der Waals surface area (Å²) in [5.74, 6) is -1.84. The van der Waals surface area contributed by atoms with Crippen LogP contribution in [0, 0.1) is 11.3 Å². The smallest absolute Gasteiger partial charge is 0.422 e. The topological polar surface area (TPSA) is 117 Å². The minimum absolute atomic E-state index is 0.0796. The first-order valence-corrected chi connectivity index (χ1v) is 15.3. The minimum atomic E-state index is -4.67. The summed E-state index contributed by atoms with van der Waals surface area (Å²) in [5.41, 5.74) is -3.44. The van der Waals surface area contributed by atoms with E-state index in [-0.39, 0.29) is 24.2 Å². The molecule has 1 N–H and O–H groups in total. The third kappa shape index (κ3) is 6.19. The molecule has 44 heavy (non-hydrogen) atoms. The molecule has 1 saturated heterocycles. The quantitative estimate of drug-likeness (QED) is 0.400. The van der Waals surface area contributed by atoms with Gasteiger partial charge in [0, 0.05) is 12.6 Å². The molecule has 2 saturated carbocycles. The van der Waals surface area contributed by atoms with Gasteiger partial charge in [0.2, 0.25) is 11.8 Å². The van der Waals surface area contributed by atoms with Gasteiger partial charge in [-0.1, -0.05) is 29.8 Å². The zero-order chi connectivity index (χ0) is 32.3. The molecule has 1 aliphatic heterocycles. The number of hydrogen-bond donors (Lipinski definition) is 1. The Morgan fingerprint density at radius 2 is 1.75 bits per heavy atom. The number of benzene rings is 2. The van der Waals surface area contributed by atoms with Gasteiger partial charge in [-0.3, -0.25) is 9.59 Å². The predicted molar refractivity (Wildman–Crippen MR) is 142 cm³/mol. The summed E-state index contributed by atoms with van der Waals surface area (Å²) in [7, 11) is -4.41. The van der Waals surface area contributed by atoms with E-state index in [0.717, 1.165) is 35.2 Å². The molecule has 2 atom stereocenters. The number of nitrogens with zero attached hydrogens (tertiary/aromatic N) is 2. The summed E-state index contributed by atoms with van der Waals surface area (Å²) >= 11 is 6.14. The highest BCUT2D eigenvalue weighted by Gasteiger charge is 2.58. The highest BCUT2D eigenvalue weighted by atomic mass is 35.5. The summed E-state index contributed by atoms with van der Waals surface area (Å²) in [6.07, 6.45) is -8.69. The van der Waals surface area contributed by atoms with E-state index in [1.807, 2.05) is 6.07 Å². The second-order valence-corrected chi connectivity index (χ2v) is 13.8. The van der Waals surface area contributed by atoms with Gasteiger partial charge >= 0.3 is 12.4 Å². The normalized spacial score (nSPS) is 22.2. The van der Waals surface area contributed by atoms with Gasteiger partial charge in [-0.2, -0.15) is 31.6 Å². The molecule has 3 fully saturated rings. The molecule has 5 rings (SSSR count). The van der Waals surface area contributed by atoms with Crippen LogP contribution in [-0.2, 0) is 31.0 Å². The number of sulfone groups is 1. The highest BCUT2D eigenvalue weighted by molar-refractivity contribution is 7.92. The van der Waals surface area contributed by atoms with Gasteiger partial charge in [-0.05, 0) is 55.9 Å². The van der Waals surface area contributed by atoms with Crippen LogP contribution in [0.3, 0.4) is 0 Å². The fraction of sp³-hybridized carbons (Fsp3) is 0.464. The summed E-state index contributed by atoms with van der Waals surface area (Å²) in [6, 6.07) is 7.72. The maximum absolute atomic E-state index is 14.0. The second kappa shape index (κ2) is 10.8. The standard InChI is InChI=1S/C28H24ClF6N3O5S/c29-20-11-18(43-15-27(30,31)32)4-5-22(20)44(41,42)19-12-21(23(39)37-25(14-36)6-7-25)38(13-19)24(40)26(8-9-26)16-2-1-3-17(10-16)28(33,34)35/h1-5,10-11,19,21H,6-9,12-13,15H2,(H,37,39). The van der Waals surface area contributed by atoms with Gasteiger partial charge in [0.15, 0.2) is 16.4 Å². The number of carbonyl (C=O) groups excluding carboxylic acids is 2. The van der Waals surface area contributed by atoms with Crippen LogP contribution in [0.5, 0.6) is 5.75 Å². The Kier molecular flexibility index (Phi) is 7.85. The van der Waals surface area contributed by atoms with Crippen molar-refractivity contribution in [1.29, 1.82) is 5.26 Å². The fourth-order valence-corrected chi connectivity index (χ4v) is 7.60. The minimum Gasteiger partial charge on any atom is -0.484 e. The Morgan fingerprint density at radius 3 is 2.30 bits per heavy atom. The van der Waals surface area contributed by atoms with Crippen LogP contribution in [0.15, 0.2) is 47.4 Å². The van der Waals surface area contributed by atoms with E-state index in [0.29, 0.717) is 12.8 Å². The van der Waals surface area contributed by atoms with E-state index in [9.17, 15) is 49.6 Å². The lowest BCUT2D eigenvalue weighted by Gasteiger charge is -2.29. The number of nitrogens with one attached hydrogen (secondary N) is 1. The molecular formula is C28H24ClF6N3O5S. The van der Waals surface area contributed by atoms with E-state index >= 15 is 0 Å². The molecule has 2 unspecified atom stereocenters. The third-order valence-corrected chi connectivity index (χ3v) is 10.7. The van der Waals surface area contributed by atoms with Gasteiger partial charge in [0.1, 0.15) is 17.3 Å². The van der Waals surface area contributed by atoms with Crippen molar-refractivity contribution in [2.24, 2.45) is 0 Å². The molecule has 2 aromatic rings. The fourth-order valence-electron chi connectivity index (χ4n) is 5.37. The van der Waals surface area contributed by atoms with E-state index in [2.05, 4.69) is 10.1 Å². The Morgan fingerprint density at radius 1 is 1.07 bits per heavy atom. The molecule has 3 aliphatic rings.